The van der Waals surface area contributed by atoms with Crippen molar-refractivity contribution in [2.75, 3.05) is 13.7 Å². The minimum Gasteiger partial charge on any atom is -0.496 e. The Balaban J connectivity index is 2.49. The molecule has 1 heterocycles. The van der Waals surface area contributed by atoms with Crippen molar-refractivity contribution in [3.05, 3.63) is 42.0 Å². The lowest BCUT2D eigenvalue weighted by atomic mass is 10.0. The highest BCUT2D eigenvalue weighted by atomic mass is 16.5. The van der Waals surface area contributed by atoms with Gasteiger partial charge in [0.1, 0.15) is 11.6 Å². The lowest BCUT2D eigenvalue weighted by molar-refractivity contribution is 0.401. The first kappa shape index (κ1) is 14.6. The molecule has 0 fully saturated rings. The number of methoxy groups -OCH3 is 1. The molecule has 0 radical (unpaired) electrons. The van der Waals surface area contributed by atoms with E-state index in [2.05, 4.69) is 34.8 Å². The van der Waals surface area contributed by atoms with Crippen molar-refractivity contribution in [3.63, 3.8) is 0 Å². The molecule has 0 bridgehead atoms. The molecule has 0 aliphatic heterocycles. The first-order valence-electron chi connectivity index (χ1n) is 7.09. The third-order valence-corrected chi connectivity index (χ3v) is 3.48. The van der Waals surface area contributed by atoms with E-state index in [0.29, 0.717) is 0 Å². The molecule has 2 aromatic rings. The van der Waals surface area contributed by atoms with E-state index in [1.54, 1.807) is 7.11 Å². The Bertz CT molecular complexity index is 563. The van der Waals surface area contributed by atoms with Crippen molar-refractivity contribution in [3.8, 4) is 11.4 Å². The number of hydrogen-bond acceptors (Lipinski definition) is 3. The normalized spacial score (nSPS) is 12.4. The quantitative estimate of drug-likeness (QED) is 0.878. The zero-order valence-corrected chi connectivity index (χ0v) is 12.7. The Morgan fingerprint density at radius 3 is 2.80 bits per heavy atom. The fourth-order valence-electron chi connectivity index (χ4n) is 2.45. The summed E-state index contributed by atoms with van der Waals surface area (Å²) >= 11 is 0. The van der Waals surface area contributed by atoms with Gasteiger partial charge in [-0.05, 0) is 38.9 Å². The second-order valence-electron chi connectivity index (χ2n) is 4.91. The van der Waals surface area contributed by atoms with Gasteiger partial charge in [-0.25, -0.2) is 4.98 Å². The van der Waals surface area contributed by atoms with Gasteiger partial charge in [0.15, 0.2) is 0 Å². The standard InChI is InChI=1S/C16H23N3O/c1-5-9-17-12(2)16-14(7-6-8-15(16)20-4)19-11-10-18-13(19)3/h6-8,10-12,17H,5,9H2,1-4H3. The predicted molar refractivity (Wildman–Crippen MR) is 81.6 cm³/mol. The van der Waals surface area contributed by atoms with Crippen LogP contribution in [-0.2, 0) is 0 Å². The maximum absolute atomic E-state index is 5.55. The van der Waals surface area contributed by atoms with Crippen LogP contribution in [0.4, 0.5) is 0 Å². The third kappa shape index (κ3) is 2.85. The zero-order chi connectivity index (χ0) is 14.5. The Labute approximate surface area is 120 Å². The van der Waals surface area contributed by atoms with Crippen LogP contribution in [0.25, 0.3) is 5.69 Å². The molecule has 4 heteroatoms. The lowest BCUT2D eigenvalue weighted by Crippen LogP contribution is -2.21. The molecule has 2 rings (SSSR count). The molecule has 1 atom stereocenters. The van der Waals surface area contributed by atoms with E-state index in [0.717, 1.165) is 30.2 Å². The fraction of sp³-hybridized carbons (Fsp3) is 0.438. The highest BCUT2D eigenvalue weighted by Gasteiger charge is 2.17. The van der Waals surface area contributed by atoms with Gasteiger partial charge in [0.2, 0.25) is 0 Å². The molecule has 1 aromatic heterocycles. The molecular weight excluding hydrogens is 250 g/mol. The minimum atomic E-state index is 0.225. The Morgan fingerprint density at radius 1 is 1.40 bits per heavy atom. The molecule has 0 aliphatic carbocycles. The number of hydrogen-bond donors (Lipinski definition) is 1. The lowest BCUT2D eigenvalue weighted by Gasteiger charge is -2.21. The summed E-state index contributed by atoms with van der Waals surface area (Å²) < 4.78 is 7.65. The average molecular weight is 273 g/mol. The van der Waals surface area contributed by atoms with E-state index in [-0.39, 0.29) is 6.04 Å². The summed E-state index contributed by atoms with van der Waals surface area (Å²) in [7, 11) is 1.72. The van der Waals surface area contributed by atoms with E-state index in [1.165, 1.54) is 5.56 Å². The highest BCUT2D eigenvalue weighted by molar-refractivity contribution is 5.52. The molecule has 1 N–H and O–H groups in total. The molecule has 108 valence electrons. The SMILES string of the molecule is CCCNC(C)c1c(OC)cccc1-n1ccnc1C. The molecule has 0 spiro atoms. The minimum absolute atomic E-state index is 0.225. The van der Waals surface area contributed by atoms with Gasteiger partial charge in [-0.3, -0.25) is 0 Å². The third-order valence-electron chi connectivity index (χ3n) is 3.48. The van der Waals surface area contributed by atoms with E-state index in [4.69, 9.17) is 4.74 Å². The first-order valence-corrected chi connectivity index (χ1v) is 7.09. The summed E-state index contributed by atoms with van der Waals surface area (Å²) in [6, 6.07) is 6.36. The molecule has 0 saturated heterocycles. The number of aryl methyl sites for hydroxylation is 1. The van der Waals surface area contributed by atoms with Crippen LogP contribution in [0.5, 0.6) is 5.75 Å². The van der Waals surface area contributed by atoms with Crippen LogP contribution in [0, 0.1) is 6.92 Å². The summed E-state index contributed by atoms with van der Waals surface area (Å²) in [5, 5.41) is 3.53. The van der Waals surface area contributed by atoms with Gasteiger partial charge in [-0.15, -0.1) is 0 Å². The molecule has 0 amide bonds. The number of rotatable bonds is 6. The molecule has 20 heavy (non-hydrogen) atoms. The highest BCUT2D eigenvalue weighted by Crippen LogP contribution is 2.31. The first-order chi connectivity index (χ1) is 9.69. The maximum Gasteiger partial charge on any atom is 0.125 e. The number of nitrogens with zero attached hydrogens (tertiary/aromatic N) is 2. The van der Waals surface area contributed by atoms with Crippen LogP contribution in [0.3, 0.4) is 0 Å². The summed E-state index contributed by atoms with van der Waals surface area (Å²) in [6.45, 7) is 7.33. The average Bonchev–Trinajstić information content (AvgIpc) is 2.89. The van der Waals surface area contributed by atoms with Gasteiger partial charge in [0.05, 0.1) is 12.8 Å². The largest absolute Gasteiger partial charge is 0.496 e. The molecule has 0 aliphatic rings. The van der Waals surface area contributed by atoms with Crippen molar-refractivity contribution in [2.24, 2.45) is 0 Å². The van der Waals surface area contributed by atoms with Crippen LogP contribution < -0.4 is 10.1 Å². The fourth-order valence-corrected chi connectivity index (χ4v) is 2.45. The summed E-state index contributed by atoms with van der Waals surface area (Å²) in [4.78, 5) is 4.31. The molecule has 4 nitrogen and oxygen atoms in total. The maximum atomic E-state index is 5.55. The molecular formula is C16H23N3O. The van der Waals surface area contributed by atoms with Gasteiger partial charge in [-0.1, -0.05) is 13.0 Å². The topological polar surface area (TPSA) is 39.1 Å². The number of nitrogens with one attached hydrogen (secondary N) is 1. The Hall–Kier alpha value is -1.81. The molecule has 1 aromatic carbocycles. The summed E-state index contributed by atoms with van der Waals surface area (Å²) in [5.74, 6) is 1.88. The van der Waals surface area contributed by atoms with Crippen molar-refractivity contribution >= 4 is 0 Å². The number of benzene rings is 1. The number of ether oxygens (including phenoxy) is 1. The van der Waals surface area contributed by atoms with Gasteiger partial charge in [0.25, 0.3) is 0 Å². The second kappa shape index (κ2) is 6.57. The molecule has 0 saturated carbocycles. The van der Waals surface area contributed by atoms with E-state index < -0.39 is 0 Å². The molecule has 1 unspecified atom stereocenters. The second-order valence-corrected chi connectivity index (χ2v) is 4.91. The monoisotopic (exact) mass is 273 g/mol. The van der Waals surface area contributed by atoms with Crippen LogP contribution >= 0.6 is 0 Å². The number of aromatic nitrogens is 2. The van der Waals surface area contributed by atoms with Crippen LogP contribution in [-0.4, -0.2) is 23.2 Å². The van der Waals surface area contributed by atoms with Crippen LogP contribution in [0.1, 0.15) is 37.7 Å². The van der Waals surface area contributed by atoms with Crippen molar-refractivity contribution < 1.29 is 4.74 Å². The van der Waals surface area contributed by atoms with Crippen molar-refractivity contribution in [1.29, 1.82) is 0 Å². The predicted octanol–water partition coefficient (Wildman–Crippen LogP) is 3.25. The Morgan fingerprint density at radius 2 is 2.20 bits per heavy atom. The smallest absolute Gasteiger partial charge is 0.125 e. The van der Waals surface area contributed by atoms with E-state index >= 15 is 0 Å². The van der Waals surface area contributed by atoms with Gasteiger partial charge in [0, 0.05) is 24.0 Å². The van der Waals surface area contributed by atoms with Gasteiger partial charge < -0.3 is 14.6 Å². The van der Waals surface area contributed by atoms with Gasteiger partial charge in [-0.2, -0.15) is 0 Å². The summed E-state index contributed by atoms with van der Waals surface area (Å²) in [5.41, 5.74) is 2.29. The number of imidazole rings is 1. The van der Waals surface area contributed by atoms with Crippen LogP contribution in [0.15, 0.2) is 30.6 Å². The Kier molecular flexibility index (Phi) is 4.79. The van der Waals surface area contributed by atoms with E-state index in [9.17, 15) is 0 Å². The summed E-state index contributed by atoms with van der Waals surface area (Å²) in [6.07, 6.45) is 4.92. The van der Waals surface area contributed by atoms with Crippen LogP contribution in [0.2, 0.25) is 0 Å². The van der Waals surface area contributed by atoms with Crippen molar-refractivity contribution in [2.45, 2.75) is 33.2 Å². The zero-order valence-electron chi connectivity index (χ0n) is 12.7. The van der Waals surface area contributed by atoms with Gasteiger partial charge >= 0.3 is 0 Å². The van der Waals surface area contributed by atoms with Crippen molar-refractivity contribution in [1.82, 2.24) is 14.9 Å². The van der Waals surface area contributed by atoms with E-state index in [1.807, 2.05) is 31.5 Å².